The van der Waals surface area contributed by atoms with Gasteiger partial charge in [-0.15, -0.1) is 0 Å². The molecule has 1 atom stereocenters. The number of nitrogens with zero attached hydrogens (tertiary/aromatic N) is 1. The lowest BCUT2D eigenvalue weighted by molar-refractivity contribution is -0.162. The first-order valence-corrected chi connectivity index (χ1v) is 8.62. The van der Waals surface area contributed by atoms with Crippen LogP contribution in [0.2, 0.25) is 0 Å². The average molecular weight is 347 g/mol. The highest BCUT2D eigenvalue weighted by atomic mass is 19.1. The molecule has 1 fully saturated rings. The third kappa shape index (κ3) is 3.67. The molecule has 1 heterocycles. The summed E-state index contributed by atoms with van der Waals surface area (Å²) in [4.78, 5) is 26.1. The summed E-state index contributed by atoms with van der Waals surface area (Å²) in [6, 6.07) is 5.78. The number of piperidine rings is 1. The Balaban J connectivity index is 1.68. The van der Waals surface area contributed by atoms with Crippen molar-refractivity contribution >= 4 is 11.9 Å². The molecule has 6 heteroatoms. The summed E-state index contributed by atoms with van der Waals surface area (Å²) >= 11 is 0. The molecule has 134 valence electrons. The molecule has 3 rings (SSSR count). The van der Waals surface area contributed by atoms with Crippen LogP contribution < -0.4 is 4.74 Å². The molecule has 0 radical (unpaired) electrons. The topological polar surface area (TPSA) is 66.8 Å². The van der Waals surface area contributed by atoms with Gasteiger partial charge in [0.25, 0.3) is 0 Å². The highest BCUT2D eigenvalue weighted by molar-refractivity contribution is 5.81. The summed E-state index contributed by atoms with van der Waals surface area (Å²) in [5.74, 6) is -1.72. The Labute approximate surface area is 146 Å². The van der Waals surface area contributed by atoms with Gasteiger partial charge < -0.3 is 14.7 Å². The number of ether oxygens (including phenoxy) is 1. The number of carboxylic acids is 1. The smallest absolute Gasteiger partial charge is 0.348 e. The van der Waals surface area contributed by atoms with Crippen LogP contribution in [0.4, 0.5) is 4.39 Å². The first kappa shape index (κ1) is 17.5. The lowest BCUT2D eigenvalue weighted by Gasteiger charge is -2.40. The van der Waals surface area contributed by atoms with Crippen molar-refractivity contribution in [2.24, 2.45) is 5.92 Å². The number of rotatable bonds is 4. The molecule has 0 aromatic heterocycles. The van der Waals surface area contributed by atoms with Crippen LogP contribution in [-0.2, 0) is 9.59 Å². The Morgan fingerprint density at radius 2 is 1.92 bits per heavy atom. The lowest BCUT2D eigenvalue weighted by Crippen LogP contribution is -2.55. The van der Waals surface area contributed by atoms with Gasteiger partial charge in [0, 0.05) is 31.8 Å². The summed E-state index contributed by atoms with van der Waals surface area (Å²) in [6.45, 7) is 0.611. The molecule has 1 N–H and O–H groups in total. The average Bonchev–Trinajstić information content (AvgIpc) is 2.64. The van der Waals surface area contributed by atoms with Crippen molar-refractivity contribution in [3.63, 3.8) is 0 Å². The fourth-order valence-electron chi connectivity index (χ4n) is 3.46. The van der Waals surface area contributed by atoms with E-state index in [-0.39, 0.29) is 30.4 Å². The van der Waals surface area contributed by atoms with Crippen LogP contribution in [0, 0.1) is 11.7 Å². The maximum Gasteiger partial charge on any atom is 0.348 e. The maximum atomic E-state index is 13.8. The van der Waals surface area contributed by atoms with Crippen molar-refractivity contribution in [1.82, 2.24) is 4.90 Å². The van der Waals surface area contributed by atoms with Crippen LogP contribution in [0.5, 0.6) is 5.75 Å². The molecule has 0 spiro atoms. The fraction of sp³-hybridized carbons (Fsp3) is 0.474. The largest absolute Gasteiger partial charge is 0.478 e. The lowest BCUT2D eigenvalue weighted by atomic mass is 9.88. The van der Waals surface area contributed by atoms with Crippen LogP contribution in [0.3, 0.4) is 0 Å². The molecule has 1 unspecified atom stereocenters. The highest BCUT2D eigenvalue weighted by Crippen LogP contribution is 2.32. The van der Waals surface area contributed by atoms with E-state index in [1.807, 2.05) is 6.08 Å². The molecular formula is C19H22FNO4. The van der Waals surface area contributed by atoms with Gasteiger partial charge in [-0.25, -0.2) is 9.18 Å². The van der Waals surface area contributed by atoms with Crippen LogP contribution in [0.15, 0.2) is 36.4 Å². The van der Waals surface area contributed by atoms with Gasteiger partial charge in [-0.2, -0.15) is 0 Å². The quantitative estimate of drug-likeness (QED) is 0.850. The Bertz CT molecular complexity index is 680. The number of carboxylic acid groups (broad SMARTS) is 1. The number of halogens is 1. The number of carbonyl (C=O) groups is 2. The van der Waals surface area contributed by atoms with Gasteiger partial charge in [0.15, 0.2) is 11.6 Å². The second-order valence-electron chi connectivity index (χ2n) is 6.64. The predicted molar refractivity (Wildman–Crippen MR) is 89.7 cm³/mol. The third-order valence-electron chi connectivity index (χ3n) is 5.03. The molecule has 1 aromatic rings. The molecule has 5 nitrogen and oxygen atoms in total. The van der Waals surface area contributed by atoms with Crippen LogP contribution in [-0.4, -0.2) is 40.6 Å². The predicted octanol–water partition coefficient (Wildman–Crippen LogP) is 3.01. The Kier molecular flexibility index (Phi) is 5.06. The van der Waals surface area contributed by atoms with Crippen LogP contribution >= 0.6 is 0 Å². The van der Waals surface area contributed by atoms with Crippen molar-refractivity contribution in [3.8, 4) is 5.75 Å². The zero-order valence-corrected chi connectivity index (χ0v) is 14.0. The van der Waals surface area contributed by atoms with Gasteiger partial charge >= 0.3 is 5.97 Å². The van der Waals surface area contributed by atoms with E-state index in [0.29, 0.717) is 13.1 Å². The van der Waals surface area contributed by atoms with E-state index < -0.39 is 17.4 Å². The molecule has 0 saturated carbocycles. The van der Waals surface area contributed by atoms with Crippen molar-refractivity contribution in [1.29, 1.82) is 0 Å². The third-order valence-corrected chi connectivity index (χ3v) is 5.03. The minimum absolute atomic E-state index is 0.0187. The number of carbonyl (C=O) groups excluding carboxylic acids is 1. The second-order valence-corrected chi connectivity index (χ2v) is 6.64. The SMILES string of the molecule is O=C(C1CC=CCC1)N1CCC(Oc2ccccc2F)(C(=O)O)CC1. The fourth-order valence-corrected chi connectivity index (χ4v) is 3.46. The highest BCUT2D eigenvalue weighted by Gasteiger charge is 2.45. The van der Waals surface area contributed by atoms with Gasteiger partial charge in [0.2, 0.25) is 11.5 Å². The maximum absolute atomic E-state index is 13.8. The Morgan fingerprint density at radius 1 is 1.20 bits per heavy atom. The summed E-state index contributed by atoms with van der Waals surface area (Å²) in [5, 5.41) is 9.65. The zero-order chi connectivity index (χ0) is 17.9. The van der Waals surface area contributed by atoms with Crippen LogP contribution in [0.25, 0.3) is 0 Å². The van der Waals surface area contributed by atoms with E-state index in [0.717, 1.165) is 19.3 Å². The Morgan fingerprint density at radius 3 is 2.52 bits per heavy atom. The van der Waals surface area contributed by atoms with E-state index in [1.54, 1.807) is 11.0 Å². The van der Waals surface area contributed by atoms with Gasteiger partial charge in [-0.05, 0) is 31.4 Å². The van der Waals surface area contributed by atoms with Crippen molar-refractivity contribution in [2.75, 3.05) is 13.1 Å². The first-order chi connectivity index (χ1) is 12.0. The first-order valence-electron chi connectivity index (χ1n) is 8.62. The van der Waals surface area contributed by atoms with Crippen LogP contribution in [0.1, 0.15) is 32.1 Å². The van der Waals surface area contributed by atoms with Gasteiger partial charge in [-0.1, -0.05) is 24.3 Å². The van der Waals surface area contributed by atoms with E-state index in [9.17, 15) is 19.1 Å². The molecule has 0 bridgehead atoms. The number of hydrogen-bond acceptors (Lipinski definition) is 3. The number of hydrogen-bond donors (Lipinski definition) is 1. The number of para-hydroxylation sites is 1. The van der Waals surface area contributed by atoms with Gasteiger partial charge in [0.05, 0.1) is 0 Å². The number of benzene rings is 1. The molecular weight excluding hydrogens is 325 g/mol. The molecule has 25 heavy (non-hydrogen) atoms. The number of allylic oxidation sites excluding steroid dienone is 2. The molecule has 1 aliphatic heterocycles. The van der Waals surface area contributed by atoms with Gasteiger partial charge in [-0.3, -0.25) is 4.79 Å². The minimum Gasteiger partial charge on any atom is -0.478 e. The van der Waals surface area contributed by atoms with E-state index >= 15 is 0 Å². The second kappa shape index (κ2) is 7.25. The molecule has 1 amide bonds. The molecule has 2 aliphatic rings. The van der Waals surface area contributed by atoms with Crippen molar-refractivity contribution < 1.29 is 23.8 Å². The number of amides is 1. The van der Waals surface area contributed by atoms with Crippen molar-refractivity contribution in [3.05, 3.63) is 42.2 Å². The number of likely N-dealkylation sites (tertiary alicyclic amines) is 1. The number of aliphatic carboxylic acids is 1. The molecule has 1 aromatic carbocycles. The summed E-state index contributed by atoms with van der Waals surface area (Å²) in [5.41, 5.74) is -1.49. The standard InChI is InChI=1S/C19H22FNO4/c20-15-8-4-5-9-16(15)25-19(18(23)24)10-12-21(13-11-19)17(22)14-6-2-1-3-7-14/h1-2,4-5,8-9,14H,3,6-7,10-13H2,(H,23,24). The van der Waals surface area contributed by atoms with E-state index in [4.69, 9.17) is 4.74 Å². The summed E-state index contributed by atoms with van der Waals surface area (Å²) < 4.78 is 19.4. The monoisotopic (exact) mass is 347 g/mol. The Hall–Kier alpha value is -2.37. The van der Waals surface area contributed by atoms with Crippen molar-refractivity contribution in [2.45, 2.75) is 37.7 Å². The summed E-state index contributed by atoms with van der Waals surface area (Å²) in [6.07, 6.45) is 6.87. The van der Waals surface area contributed by atoms with E-state index in [1.165, 1.54) is 18.2 Å². The summed E-state index contributed by atoms with van der Waals surface area (Å²) in [7, 11) is 0. The van der Waals surface area contributed by atoms with Gasteiger partial charge in [0.1, 0.15) is 0 Å². The zero-order valence-electron chi connectivity index (χ0n) is 14.0. The molecule has 1 aliphatic carbocycles. The minimum atomic E-state index is -1.49. The normalized spacial score (nSPS) is 22.4. The molecule has 1 saturated heterocycles. The van der Waals surface area contributed by atoms with E-state index in [2.05, 4.69) is 6.08 Å².